The lowest BCUT2D eigenvalue weighted by Gasteiger charge is -2.32. The predicted octanol–water partition coefficient (Wildman–Crippen LogP) is 2.39. The van der Waals surface area contributed by atoms with E-state index < -0.39 is 23.6 Å². The van der Waals surface area contributed by atoms with Gasteiger partial charge < -0.3 is 10.1 Å². The van der Waals surface area contributed by atoms with Gasteiger partial charge in [-0.2, -0.15) is 0 Å². The zero-order valence-corrected chi connectivity index (χ0v) is 11.5. The second-order valence-electron chi connectivity index (χ2n) is 4.52. The standard InChI is InChI=1S/C14H13ClFNO3/c1-7-12(14(19)20-2)8(6-11(18)17-7)13-9(15)4-3-5-10(13)16/h3-5,8,12H,1,6H2,2H3,(H,17,18). The van der Waals surface area contributed by atoms with Crippen LogP contribution >= 0.6 is 11.6 Å². The Labute approximate surface area is 120 Å². The summed E-state index contributed by atoms with van der Waals surface area (Å²) >= 11 is 6.02. The van der Waals surface area contributed by atoms with E-state index in [1.165, 1.54) is 25.3 Å². The van der Waals surface area contributed by atoms with E-state index in [1.807, 2.05) is 0 Å². The lowest BCUT2D eigenvalue weighted by atomic mass is 9.79. The molecule has 20 heavy (non-hydrogen) atoms. The number of piperidine rings is 1. The van der Waals surface area contributed by atoms with Crippen molar-refractivity contribution in [1.82, 2.24) is 5.32 Å². The fraction of sp³-hybridized carbons (Fsp3) is 0.286. The number of benzene rings is 1. The molecule has 0 bridgehead atoms. The van der Waals surface area contributed by atoms with Crippen LogP contribution in [-0.2, 0) is 14.3 Å². The molecule has 1 fully saturated rings. The van der Waals surface area contributed by atoms with E-state index in [1.54, 1.807) is 0 Å². The fourth-order valence-electron chi connectivity index (χ4n) is 2.44. The zero-order chi connectivity index (χ0) is 14.9. The van der Waals surface area contributed by atoms with E-state index in [-0.39, 0.29) is 28.6 Å². The first kappa shape index (κ1) is 14.5. The maximum atomic E-state index is 14.0. The van der Waals surface area contributed by atoms with Crippen molar-refractivity contribution in [2.24, 2.45) is 5.92 Å². The van der Waals surface area contributed by atoms with Gasteiger partial charge in [-0.3, -0.25) is 9.59 Å². The number of rotatable bonds is 2. The van der Waals surface area contributed by atoms with Crippen LogP contribution in [-0.4, -0.2) is 19.0 Å². The summed E-state index contributed by atoms with van der Waals surface area (Å²) in [6.07, 6.45) is -0.0561. The number of hydrogen-bond donors (Lipinski definition) is 1. The van der Waals surface area contributed by atoms with Gasteiger partial charge in [0.15, 0.2) is 0 Å². The van der Waals surface area contributed by atoms with E-state index in [9.17, 15) is 14.0 Å². The van der Waals surface area contributed by atoms with Crippen molar-refractivity contribution in [3.63, 3.8) is 0 Å². The number of methoxy groups -OCH3 is 1. The highest BCUT2D eigenvalue weighted by molar-refractivity contribution is 6.31. The molecule has 1 aliphatic heterocycles. The minimum atomic E-state index is -0.855. The zero-order valence-electron chi connectivity index (χ0n) is 10.8. The molecular formula is C14H13ClFNO3. The van der Waals surface area contributed by atoms with Gasteiger partial charge in [0.25, 0.3) is 0 Å². The molecule has 1 N–H and O–H groups in total. The Morgan fingerprint density at radius 1 is 1.55 bits per heavy atom. The van der Waals surface area contributed by atoms with Crippen LogP contribution in [0.15, 0.2) is 30.5 Å². The molecule has 1 aliphatic rings. The number of amides is 1. The average Bonchev–Trinajstić information content (AvgIpc) is 2.37. The lowest BCUT2D eigenvalue weighted by Crippen LogP contribution is -2.41. The number of nitrogens with one attached hydrogen (secondary N) is 1. The van der Waals surface area contributed by atoms with Crippen molar-refractivity contribution in [1.29, 1.82) is 0 Å². The van der Waals surface area contributed by atoms with Crippen LogP contribution in [0.4, 0.5) is 4.39 Å². The molecule has 106 valence electrons. The summed E-state index contributed by atoms with van der Waals surface area (Å²) in [6, 6.07) is 4.22. The van der Waals surface area contributed by atoms with Gasteiger partial charge in [-0.15, -0.1) is 0 Å². The minimum absolute atomic E-state index is 0.0561. The van der Waals surface area contributed by atoms with Crippen LogP contribution in [0.1, 0.15) is 17.9 Å². The third-order valence-corrected chi connectivity index (χ3v) is 3.64. The molecule has 2 atom stereocenters. The average molecular weight is 298 g/mol. The Morgan fingerprint density at radius 2 is 2.25 bits per heavy atom. The fourth-order valence-corrected chi connectivity index (χ4v) is 2.74. The molecule has 0 aliphatic carbocycles. The van der Waals surface area contributed by atoms with E-state index >= 15 is 0 Å². The number of halogens is 2. The van der Waals surface area contributed by atoms with Gasteiger partial charge in [0.2, 0.25) is 5.91 Å². The van der Waals surface area contributed by atoms with Gasteiger partial charge in [0, 0.05) is 28.6 Å². The van der Waals surface area contributed by atoms with Crippen LogP contribution < -0.4 is 5.32 Å². The van der Waals surface area contributed by atoms with Crippen LogP contribution in [0, 0.1) is 11.7 Å². The van der Waals surface area contributed by atoms with Crippen LogP contribution in [0.2, 0.25) is 5.02 Å². The van der Waals surface area contributed by atoms with E-state index in [2.05, 4.69) is 11.9 Å². The molecular weight excluding hydrogens is 285 g/mol. The Kier molecular flexibility index (Phi) is 4.09. The number of carbonyl (C=O) groups is 2. The quantitative estimate of drug-likeness (QED) is 0.853. The predicted molar refractivity (Wildman–Crippen MR) is 71.6 cm³/mol. The van der Waals surface area contributed by atoms with Crippen LogP contribution in [0.3, 0.4) is 0 Å². The topological polar surface area (TPSA) is 55.4 Å². The number of carbonyl (C=O) groups excluding carboxylic acids is 2. The van der Waals surface area contributed by atoms with Crippen molar-refractivity contribution in [2.45, 2.75) is 12.3 Å². The molecule has 2 rings (SSSR count). The van der Waals surface area contributed by atoms with Crippen molar-refractivity contribution >= 4 is 23.5 Å². The smallest absolute Gasteiger partial charge is 0.315 e. The molecule has 0 saturated carbocycles. The first-order valence-corrected chi connectivity index (χ1v) is 6.34. The Balaban J connectivity index is 2.52. The monoisotopic (exact) mass is 297 g/mol. The molecule has 1 aromatic rings. The van der Waals surface area contributed by atoms with E-state index in [0.717, 1.165) is 0 Å². The second-order valence-corrected chi connectivity index (χ2v) is 4.93. The van der Waals surface area contributed by atoms with Crippen molar-refractivity contribution < 1.29 is 18.7 Å². The Hall–Kier alpha value is -1.88. The molecule has 1 saturated heterocycles. The van der Waals surface area contributed by atoms with Crippen LogP contribution in [0.5, 0.6) is 0 Å². The van der Waals surface area contributed by atoms with Gasteiger partial charge in [-0.05, 0) is 12.1 Å². The van der Waals surface area contributed by atoms with Gasteiger partial charge in [0.05, 0.1) is 7.11 Å². The third kappa shape index (κ3) is 2.54. The van der Waals surface area contributed by atoms with E-state index in [0.29, 0.717) is 0 Å². The molecule has 6 heteroatoms. The van der Waals surface area contributed by atoms with Gasteiger partial charge in [-0.25, -0.2) is 4.39 Å². The maximum absolute atomic E-state index is 14.0. The summed E-state index contributed by atoms with van der Waals surface area (Å²) in [5.41, 5.74) is 0.331. The lowest BCUT2D eigenvalue weighted by molar-refractivity contribution is -0.146. The van der Waals surface area contributed by atoms with Gasteiger partial charge in [-0.1, -0.05) is 24.2 Å². The molecule has 1 heterocycles. The largest absolute Gasteiger partial charge is 0.468 e. The molecule has 0 spiro atoms. The Morgan fingerprint density at radius 3 is 2.85 bits per heavy atom. The maximum Gasteiger partial charge on any atom is 0.315 e. The summed E-state index contributed by atoms with van der Waals surface area (Å²) < 4.78 is 18.7. The Bertz CT molecular complexity index is 568. The molecule has 2 unspecified atom stereocenters. The summed E-state index contributed by atoms with van der Waals surface area (Å²) in [5.74, 6) is -3.05. The summed E-state index contributed by atoms with van der Waals surface area (Å²) in [6.45, 7) is 3.65. The second kappa shape index (κ2) is 5.63. The van der Waals surface area contributed by atoms with E-state index in [4.69, 9.17) is 16.3 Å². The minimum Gasteiger partial charge on any atom is -0.468 e. The molecule has 1 aromatic carbocycles. The number of hydrogen-bond acceptors (Lipinski definition) is 3. The highest BCUT2D eigenvalue weighted by atomic mass is 35.5. The third-order valence-electron chi connectivity index (χ3n) is 3.31. The number of ether oxygens (including phenoxy) is 1. The number of esters is 1. The highest BCUT2D eigenvalue weighted by Crippen LogP contribution is 2.40. The van der Waals surface area contributed by atoms with Gasteiger partial charge in [0.1, 0.15) is 11.7 Å². The van der Waals surface area contributed by atoms with Gasteiger partial charge >= 0.3 is 5.97 Å². The molecule has 4 nitrogen and oxygen atoms in total. The van der Waals surface area contributed by atoms with Crippen molar-refractivity contribution in [3.8, 4) is 0 Å². The summed E-state index contributed by atoms with van der Waals surface area (Å²) in [4.78, 5) is 23.5. The first-order valence-electron chi connectivity index (χ1n) is 5.96. The summed E-state index contributed by atoms with van der Waals surface area (Å²) in [7, 11) is 1.23. The SMILES string of the molecule is C=C1NC(=O)CC(c2c(F)cccc2Cl)C1C(=O)OC. The molecule has 0 radical (unpaired) electrons. The first-order chi connectivity index (χ1) is 9.45. The highest BCUT2D eigenvalue weighted by Gasteiger charge is 2.40. The molecule has 1 amide bonds. The van der Waals surface area contributed by atoms with Crippen molar-refractivity contribution in [2.75, 3.05) is 7.11 Å². The molecule has 0 aromatic heterocycles. The summed E-state index contributed by atoms with van der Waals surface area (Å²) in [5, 5.41) is 2.66. The van der Waals surface area contributed by atoms with Crippen LogP contribution in [0.25, 0.3) is 0 Å². The van der Waals surface area contributed by atoms with Crippen molar-refractivity contribution in [3.05, 3.63) is 46.9 Å². The normalized spacial score (nSPS) is 22.4.